The number of alkyl carbamates (subject to hydrolysis) is 1. The number of nitrogens with zero attached hydrogens (tertiary/aromatic N) is 1. The number of pyridine rings is 1. The number of rotatable bonds is 1. The average Bonchev–Trinajstić information content (AvgIpc) is 2.18. The first-order valence-corrected chi connectivity index (χ1v) is 5.10. The van der Waals surface area contributed by atoms with Gasteiger partial charge in [-0.25, -0.2) is 9.78 Å². The van der Waals surface area contributed by atoms with Crippen molar-refractivity contribution in [1.82, 2.24) is 10.3 Å². The minimum Gasteiger partial charge on any atom is -0.449 e. The van der Waals surface area contributed by atoms with Gasteiger partial charge in [0.2, 0.25) is 0 Å². The Balaban J connectivity index is 2.22. The van der Waals surface area contributed by atoms with Crippen LogP contribution in [0.1, 0.15) is 18.0 Å². The summed E-state index contributed by atoms with van der Waals surface area (Å²) in [6.07, 6.45) is 2.11. The quantitative estimate of drug-likeness (QED) is 0.783. The van der Waals surface area contributed by atoms with E-state index in [-0.39, 0.29) is 12.1 Å². The number of cyclic esters (lactones) is 1. The van der Waals surface area contributed by atoms with Gasteiger partial charge in [0.05, 0.1) is 12.6 Å². The Kier molecular flexibility index (Phi) is 2.67. The van der Waals surface area contributed by atoms with Crippen LogP contribution >= 0.6 is 15.9 Å². The van der Waals surface area contributed by atoms with E-state index in [0.717, 1.165) is 16.6 Å². The maximum absolute atomic E-state index is 11.0. The molecule has 4 nitrogen and oxygen atoms in total. The second-order valence-electron chi connectivity index (χ2n) is 3.00. The zero-order chi connectivity index (χ0) is 9.97. The van der Waals surface area contributed by atoms with Crippen molar-refractivity contribution in [3.05, 3.63) is 28.5 Å². The highest BCUT2D eigenvalue weighted by Gasteiger charge is 2.22. The molecule has 1 amide bonds. The summed E-state index contributed by atoms with van der Waals surface area (Å²) in [6, 6.07) is 3.79. The van der Waals surface area contributed by atoms with Crippen LogP contribution in [0, 0.1) is 0 Å². The van der Waals surface area contributed by atoms with Gasteiger partial charge in [0.1, 0.15) is 4.60 Å². The second kappa shape index (κ2) is 3.96. The van der Waals surface area contributed by atoms with Crippen LogP contribution in [0.3, 0.4) is 0 Å². The van der Waals surface area contributed by atoms with Crippen LogP contribution in [0.5, 0.6) is 0 Å². The number of carbonyl (C=O) groups is 1. The van der Waals surface area contributed by atoms with Crippen LogP contribution in [-0.4, -0.2) is 17.7 Å². The summed E-state index contributed by atoms with van der Waals surface area (Å²) >= 11 is 3.35. The van der Waals surface area contributed by atoms with Crippen LogP contribution in [0.25, 0.3) is 0 Å². The Labute approximate surface area is 89.8 Å². The van der Waals surface area contributed by atoms with Gasteiger partial charge in [0, 0.05) is 18.2 Å². The third kappa shape index (κ3) is 1.87. The van der Waals surface area contributed by atoms with Crippen LogP contribution < -0.4 is 5.32 Å². The molecule has 0 aliphatic carbocycles. The lowest BCUT2D eigenvalue weighted by Gasteiger charge is -2.23. The fourth-order valence-electron chi connectivity index (χ4n) is 1.42. The second-order valence-corrected chi connectivity index (χ2v) is 3.76. The number of aromatic nitrogens is 1. The van der Waals surface area contributed by atoms with Gasteiger partial charge < -0.3 is 10.1 Å². The van der Waals surface area contributed by atoms with Gasteiger partial charge in [-0.15, -0.1) is 0 Å². The van der Waals surface area contributed by atoms with Gasteiger partial charge in [-0.1, -0.05) is 6.07 Å². The number of nitrogens with one attached hydrogen (secondary N) is 1. The monoisotopic (exact) mass is 256 g/mol. The number of halogens is 1. The Bertz CT molecular complexity index is 356. The van der Waals surface area contributed by atoms with Crippen molar-refractivity contribution in [2.45, 2.75) is 12.5 Å². The van der Waals surface area contributed by atoms with Crippen molar-refractivity contribution < 1.29 is 9.53 Å². The molecule has 1 aromatic heterocycles. The molecule has 0 unspecified atom stereocenters. The fraction of sp³-hybridized carbons (Fsp3) is 0.333. The topological polar surface area (TPSA) is 51.2 Å². The molecule has 2 rings (SSSR count). The van der Waals surface area contributed by atoms with Gasteiger partial charge in [0.15, 0.2) is 0 Å². The lowest BCUT2D eigenvalue weighted by Crippen LogP contribution is -2.35. The highest BCUT2D eigenvalue weighted by molar-refractivity contribution is 9.10. The fourth-order valence-corrected chi connectivity index (χ4v) is 1.94. The number of hydrogen-bond donors (Lipinski definition) is 1. The van der Waals surface area contributed by atoms with Crippen LogP contribution in [-0.2, 0) is 4.74 Å². The summed E-state index contributed by atoms with van der Waals surface area (Å²) < 4.78 is 5.55. The molecule has 1 aliphatic rings. The highest BCUT2D eigenvalue weighted by atomic mass is 79.9. The van der Waals surface area contributed by atoms with Crippen LogP contribution in [0.15, 0.2) is 22.9 Å². The SMILES string of the molecule is O=C1N[C@H](c2cccnc2Br)CCO1. The molecule has 0 spiro atoms. The number of amides is 1. The van der Waals surface area contributed by atoms with Gasteiger partial charge in [0.25, 0.3) is 0 Å². The van der Waals surface area contributed by atoms with E-state index in [1.54, 1.807) is 6.20 Å². The van der Waals surface area contributed by atoms with E-state index >= 15 is 0 Å². The van der Waals surface area contributed by atoms with Crippen molar-refractivity contribution >= 4 is 22.0 Å². The number of carbonyl (C=O) groups excluding carboxylic acids is 1. The largest absolute Gasteiger partial charge is 0.449 e. The minimum absolute atomic E-state index is 0.000625. The molecule has 1 saturated heterocycles. The van der Waals surface area contributed by atoms with E-state index in [4.69, 9.17) is 4.74 Å². The molecular formula is C9H9BrN2O2. The molecule has 0 radical (unpaired) electrons. The summed E-state index contributed by atoms with van der Waals surface area (Å²) in [5.41, 5.74) is 0.990. The van der Waals surface area contributed by atoms with Gasteiger partial charge in [-0.2, -0.15) is 0 Å². The van der Waals surface area contributed by atoms with Crippen molar-refractivity contribution in [1.29, 1.82) is 0 Å². The van der Waals surface area contributed by atoms with Crippen molar-refractivity contribution in [2.24, 2.45) is 0 Å². The maximum Gasteiger partial charge on any atom is 0.407 e. The summed E-state index contributed by atoms with van der Waals surface area (Å²) in [5.74, 6) is 0. The van der Waals surface area contributed by atoms with Crippen molar-refractivity contribution in [2.75, 3.05) is 6.61 Å². The molecule has 14 heavy (non-hydrogen) atoms. The molecular weight excluding hydrogens is 248 g/mol. The first-order valence-electron chi connectivity index (χ1n) is 4.31. The standard InChI is InChI=1S/C9H9BrN2O2/c10-8-6(2-1-4-11-8)7-3-5-14-9(13)12-7/h1-2,4,7H,3,5H2,(H,12,13)/t7-/m0/s1. The zero-order valence-corrected chi connectivity index (χ0v) is 8.95. The van der Waals surface area contributed by atoms with Gasteiger partial charge in [-0.3, -0.25) is 0 Å². The lowest BCUT2D eigenvalue weighted by atomic mass is 10.1. The lowest BCUT2D eigenvalue weighted by molar-refractivity contribution is 0.115. The van der Waals surface area contributed by atoms with Gasteiger partial charge in [-0.05, 0) is 22.0 Å². The van der Waals surface area contributed by atoms with Crippen LogP contribution in [0.4, 0.5) is 4.79 Å². The predicted octanol–water partition coefficient (Wildman–Crippen LogP) is 2.02. The van der Waals surface area contributed by atoms with E-state index in [0.29, 0.717) is 6.61 Å². The molecule has 1 atom stereocenters. The molecule has 1 aromatic rings. The van der Waals surface area contributed by atoms with Crippen LogP contribution in [0.2, 0.25) is 0 Å². The number of hydrogen-bond acceptors (Lipinski definition) is 3. The Morgan fingerprint density at radius 2 is 2.50 bits per heavy atom. The predicted molar refractivity (Wildman–Crippen MR) is 53.8 cm³/mol. The Morgan fingerprint density at radius 1 is 1.64 bits per heavy atom. The Hall–Kier alpha value is -1.10. The normalized spacial score (nSPS) is 21.2. The molecule has 0 aromatic carbocycles. The summed E-state index contributed by atoms with van der Waals surface area (Å²) in [4.78, 5) is 15.1. The molecule has 1 N–H and O–H groups in total. The first-order chi connectivity index (χ1) is 6.77. The third-order valence-corrected chi connectivity index (χ3v) is 2.76. The van der Waals surface area contributed by atoms with E-state index < -0.39 is 0 Å². The molecule has 74 valence electrons. The number of ether oxygens (including phenoxy) is 1. The summed E-state index contributed by atoms with van der Waals surface area (Å²) in [7, 11) is 0. The van der Waals surface area contributed by atoms with E-state index in [2.05, 4.69) is 26.2 Å². The van der Waals surface area contributed by atoms with E-state index in [1.165, 1.54) is 0 Å². The first kappa shape index (κ1) is 9.45. The maximum atomic E-state index is 11.0. The Morgan fingerprint density at radius 3 is 3.21 bits per heavy atom. The summed E-state index contributed by atoms with van der Waals surface area (Å²) in [5, 5.41) is 2.74. The smallest absolute Gasteiger partial charge is 0.407 e. The summed E-state index contributed by atoms with van der Waals surface area (Å²) in [6.45, 7) is 0.456. The van der Waals surface area contributed by atoms with Crippen molar-refractivity contribution in [3.63, 3.8) is 0 Å². The molecule has 0 saturated carbocycles. The average molecular weight is 257 g/mol. The van der Waals surface area contributed by atoms with E-state index in [1.807, 2.05) is 12.1 Å². The highest BCUT2D eigenvalue weighted by Crippen LogP contribution is 2.25. The molecule has 2 heterocycles. The molecule has 5 heteroatoms. The van der Waals surface area contributed by atoms with Crippen molar-refractivity contribution in [3.8, 4) is 0 Å². The molecule has 1 aliphatic heterocycles. The minimum atomic E-state index is -0.364. The molecule has 0 bridgehead atoms. The third-order valence-electron chi connectivity index (χ3n) is 2.10. The zero-order valence-electron chi connectivity index (χ0n) is 7.37. The molecule has 1 fully saturated rings. The van der Waals surface area contributed by atoms with E-state index in [9.17, 15) is 4.79 Å². The van der Waals surface area contributed by atoms with Gasteiger partial charge >= 0.3 is 6.09 Å².